The molecular formula is C9H14N4O2. The summed E-state index contributed by atoms with van der Waals surface area (Å²) in [4.78, 5) is 14.9. The molecule has 82 valence electrons. The van der Waals surface area contributed by atoms with E-state index in [0.29, 0.717) is 24.0 Å². The van der Waals surface area contributed by atoms with Gasteiger partial charge in [-0.3, -0.25) is 5.32 Å². The fourth-order valence-corrected chi connectivity index (χ4v) is 1.02. The zero-order valence-corrected chi connectivity index (χ0v) is 8.70. The lowest BCUT2D eigenvalue weighted by atomic mass is 10.4. The molecule has 0 bridgehead atoms. The third-order valence-corrected chi connectivity index (χ3v) is 1.60. The number of nitrogens with one attached hydrogen (secondary N) is 2. The van der Waals surface area contributed by atoms with E-state index in [2.05, 4.69) is 15.6 Å². The van der Waals surface area contributed by atoms with Crippen molar-refractivity contribution < 1.29 is 9.53 Å². The molecule has 0 saturated carbocycles. The first-order valence-electron chi connectivity index (χ1n) is 4.54. The summed E-state index contributed by atoms with van der Waals surface area (Å²) in [6, 6.07) is 2.85. The maximum absolute atomic E-state index is 11.0. The topological polar surface area (TPSA) is 89.3 Å². The average molecular weight is 210 g/mol. The van der Waals surface area contributed by atoms with Gasteiger partial charge in [-0.05, 0) is 6.92 Å². The number of hydrogen-bond acceptors (Lipinski definition) is 4. The van der Waals surface area contributed by atoms with Crippen LogP contribution in [0.25, 0.3) is 0 Å². The number of ether oxygens (including phenoxy) is 1. The molecule has 6 nitrogen and oxygen atoms in total. The molecule has 0 spiro atoms. The van der Waals surface area contributed by atoms with Crippen molar-refractivity contribution in [2.45, 2.75) is 6.92 Å². The molecule has 0 aliphatic rings. The summed E-state index contributed by atoms with van der Waals surface area (Å²) in [6.45, 7) is 2.39. The van der Waals surface area contributed by atoms with Gasteiger partial charge >= 0.3 is 6.03 Å². The first kappa shape index (κ1) is 11.1. The number of nitrogens with zero attached hydrogens (tertiary/aromatic N) is 1. The molecule has 1 aromatic heterocycles. The Morgan fingerprint density at radius 3 is 2.93 bits per heavy atom. The number of aromatic nitrogens is 1. The summed E-state index contributed by atoms with van der Waals surface area (Å²) in [7, 11) is 1.52. The Morgan fingerprint density at radius 2 is 2.33 bits per heavy atom. The number of nitrogens with two attached hydrogens (primary N) is 1. The normalized spacial score (nSPS) is 9.47. The van der Waals surface area contributed by atoms with Gasteiger partial charge in [0.25, 0.3) is 0 Å². The second-order valence-electron chi connectivity index (χ2n) is 2.75. The van der Waals surface area contributed by atoms with Crippen molar-refractivity contribution in [3.05, 3.63) is 12.1 Å². The highest BCUT2D eigenvalue weighted by molar-refractivity contribution is 5.88. The fraction of sp³-hybridized carbons (Fsp3) is 0.333. The number of urea groups is 1. The molecule has 15 heavy (non-hydrogen) atoms. The van der Waals surface area contributed by atoms with Gasteiger partial charge in [-0.1, -0.05) is 0 Å². The molecule has 0 aliphatic heterocycles. The predicted octanol–water partition coefficient (Wildman–Crippen LogP) is 0.814. The number of hydrogen-bond donors (Lipinski definition) is 3. The van der Waals surface area contributed by atoms with Crippen LogP contribution in [0.4, 0.5) is 16.4 Å². The maximum atomic E-state index is 11.0. The third kappa shape index (κ3) is 3.34. The number of carbonyl (C=O) groups excluding carboxylic acids is 1. The van der Waals surface area contributed by atoms with E-state index in [4.69, 9.17) is 10.5 Å². The zero-order valence-electron chi connectivity index (χ0n) is 8.70. The summed E-state index contributed by atoms with van der Waals surface area (Å²) in [5.41, 5.74) is 5.54. The highest BCUT2D eigenvalue weighted by Gasteiger charge is 2.03. The minimum Gasteiger partial charge on any atom is -0.494 e. The van der Waals surface area contributed by atoms with E-state index in [9.17, 15) is 4.79 Å². The van der Waals surface area contributed by atoms with Gasteiger partial charge in [-0.2, -0.15) is 0 Å². The second-order valence-corrected chi connectivity index (χ2v) is 2.75. The molecule has 6 heteroatoms. The molecule has 0 unspecified atom stereocenters. The third-order valence-electron chi connectivity index (χ3n) is 1.60. The van der Waals surface area contributed by atoms with Crippen LogP contribution in [0.2, 0.25) is 0 Å². The Kier molecular flexibility index (Phi) is 3.73. The molecule has 0 aliphatic carbocycles. The smallest absolute Gasteiger partial charge is 0.320 e. The van der Waals surface area contributed by atoms with Crippen LogP contribution < -0.4 is 21.1 Å². The van der Waals surface area contributed by atoms with Gasteiger partial charge in [0.15, 0.2) is 0 Å². The summed E-state index contributed by atoms with van der Waals surface area (Å²) in [6.07, 6.45) is 0. The predicted molar refractivity (Wildman–Crippen MR) is 57.9 cm³/mol. The van der Waals surface area contributed by atoms with Crippen LogP contribution in [0.3, 0.4) is 0 Å². The molecule has 0 aromatic carbocycles. The summed E-state index contributed by atoms with van der Waals surface area (Å²) >= 11 is 0. The van der Waals surface area contributed by atoms with Crippen LogP contribution in [-0.4, -0.2) is 24.7 Å². The van der Waals surface area contributed by atoms with Gasteiger partial charge in [-0.15, -0.1) is 0 Å². The quantitative estimate of drug-likeness (QED) is 0.688. The summed E-state index contributed by atoms with van der Waals surface area (Å²) in [5.74, 6) is 1.24. The van der Waals surface area contributed by atoms with Gasteiger partial charge in [0.1, 0.15) is 17.4 Å². The van der Waals surface area contributed by atoms with Crippen molar-refractivity contribution in [3.8, 4) is 5.75 Å². The maximum Gasteiger partial charge on any atom is 0.320 e. The zero-order chi connectivity index (χ0) is 11.3. The highest BCUT2D eigenvalue weighted by atomic mass is 16.5. The monoisotopic (exact) mass is 210 g/mol. The van der Waals surface area contributed by atoms with E-state index < -0.39 is 0 Å². The molecule has 1 heterocycles. The van der Waals surface area contributed by atoms with Crippen LogP contribution in [0.15, 0.2) is 12.1 Å². The second kappa shape index (κ2) is 5.04. The fourth-order valence-electron chi connectivity index (χ4n) is 1.02. The van der Waals surface area contributed by atoms with Gasteiger partial charge in [0.05, 0.1) is 6.61 Å². The number of rotatable bonds is 3. The van der Waals surface area contributed by atoms with Crippen molar-refractivity contribution in [1.82, 2.24) is 10.3 Å². The van der Waals surface area contributed by atoms with E-state index in [-0.39, 0.29) is 6.03 Å². The number of amides is 2. The Bertz CT molecular complexity index is 354. The standard InChI is InChI=1S/C9H14N4O2/c1-3-15-6-4-7(10)12-8(5-6)13-9(14)11-2/h4-5H,3H2,1-2H3,(H4,10,11,12,13,14). The first-order chi connectivity index (χ1) is 7.15. The van der Waals surface area contributed by atoms with Gasteiger partial charge < -0.3 is 15.8 Å². The summed E-state index contributed by atoms with van der Waals surface area (Å²) < 4.78 is 5.25. The van der Waals surface area contributed by atoms with E-state index in [0.717, 1.165) is 0 Å². The lowest BCUT2D eigenvalue weighted by Gasteiger charge is -2.07. The minimum absolute atomic E-state index is 0.298. The molecule has 4 N–H and O–H groups in total. The van der Waals surface area contributed by atoms with Gasteiger partial charge in [0, 0.05) is 19.2 Å². The van der Waals surface area contributed by atoms with E-state index in [1.165, 1.54) is 7.05 Å². The van der Waals surface area contributed by atoms with Gasteiger partial charge in [0.2, 0.25) is 0 Å². The Balaban J connectivity index is 2.83. The van der Waals surface area contributed by atoms with Crippen LogP contribution in [-0.2, 0) is 0 Å². The van der Waals surface area contributed by atoms with Crippen LogP contribution in [0.1, 0.15) is 6.92 Å². The molecule has 0 fully saturated rings. The van der Waals surface area contributed by atoms with Gasteiger partial charge in [-0.25, -0.2) is 9.78 Å². The number of carbonyl (C=O) groups is 1. The largest absolute Gasteiger partial charge is 0.494 e. The van der Waals surface area contributed by atoms with Crippen molar-refractivity contribution in [2.24, 2.45) is 0 Å². The number of nitrogen functional groups attached to an aromatic ring is 1. The van der Waals surface area contributed by atoms with Crippen molar-refractivity contribution >= 4 is 17.7 Å². The van der Waals surface area contributed by atoms with Crippen LogP contribution in [0, 0.1) is 0 Å². The lowest BCUT2D eigenvalue weighted by molar-refractivity contribution is 0.254. The van der Waals surface area contributed by atoms with Crippen LogP contribution in [0.5, 0.6) is 5.75 Å². The molecular weight excluding hydrogens is 196 g/mol. The number of anilines is 2. The Hall–Kier alpha value is -1.98. The molecule has 2 amide bonds. The van der Waals surface area contributed by atoms with E-state index >= 15 is 0 Å². The highest BCUT2D eigenvalue weighted by Crippen LogP contribution is 2.18. The van der Waals surface area contributed by atoms with E-state index in [1.54, 1.807) is 12.1 Å². The van der Waals surface area contributed by atoms with E-state index in [1.807, 2.05) is 6.92 Å². The van der Waals surface area contributed by atoms with Crippen LogP contribution >= 0.6 is 0 Å². The first-order valence-corrected chi connectivity index (χ1v) is 4.54. The number of pyridine rings is 1. The molecule has 0 atom stereocenters. The summed E-state index contributed by atoms with van der Waals surface area (Å²) in [5, 5.41) is 4.92. The molecule has 1 aromatic rings. The van der Waals surface area contributed by atoms with Crippen molar-refractivity contribution in [1.29, 1.82) is 0 Å². The lowest BCUT2D eigenvalue weighted by Crippen LogP contribution is -2.25. The Morgan fingerprint density at radius 1 is 1.60 bits per heavy atom. The molecule has 0 saturated heterocycles. The molecule has 0 radical (unpaired) electrons. The SMILES string of the molecule is CCOc1cc(N)nc(NC(=O)NC)c1. The average Bonchev–Trinajstić information content (AvgIpc) is 2.17. The van der Waals surface area contributed by atoms with Crippen molar-refractivity contribution in [2.75, 3.05) is 24.7 Å². The molecule has 1 rings (SSSR count). The Labute approximate surface area is 87.8 Å². The van der Waals surface area contributed by atoms with Crippen molar-refractivity contribution in [3.63, 3.8) is 0 Å². The minimum atomic E-state index is -0.351.